The van der Waals surface area contributed by atoms with Gasteiger partial charge in [0.1, 0.15) is 0 Å². The molecule has 0 amide bonds. The monoisotopic (exact) mass is 202 g/mol. The van der Waals surface area contributed by atoms with Crippen molar-refractivity contribution in [2.24, 2.45) is 0 Å². The van der Waals surface area contributed by atoms with Gasteiger partial charge in [0.15, 0.2) is 0 Å². The quantitative estimate of drug-likeness (QED) is 0.635. The van der Waals surface area contributed by atoms with Crippen LogP contribution in [0.4, 0.5) is 0 Å². The van der Waals surface area contributed by atoms with Gasteiger partial charge in [-0.25, -0.2) is 0 Å². The lowest BCUT2D eigenvalue weighted by Gasteiger charge is -2.04. The number of benzene rings is 1. The number of rotatable bonds is 3. The highest BCUT2D eigenvalue weighted by Crippen LogP contribution is 2.38. The Morgan fingerprint density at radius 2 is 1.85 bits per heavy atom. The van der Waals surface area contributed by atoms with Gasteiger partial charge in [0, 0.05) is 0 Å². The van der Waals surface area contributed by atoms with Crippen molar-refractivity contribution in [1.29, 1.82) is 0 Å². The summed E-state index contributed by atoms with van der Waals surface area (Å²) in [5.41, 5.74) is 1.20. The summed E-state index contributed by atoms with van der Waals surface area (Å²) in [5, 5.41) is 8.77. The summed E-state index contributed by atoms with van der Waals surface area (Å²) in [7, 11) is -4.00. The molecule has 3 N–H and O–H groups in total. The molecule has 1 rings (SSSR count). The predicted octanol–water partition coefficient (Wildman–Crippen LogP) is 0.857. The fraction of sp³-hybridized carbons (Fsp3) is 0.250. The lowest BCUT2D eigenvalue weighted by molar-refractivity contribution is 0.281. The van der Waals surface area contributed by atoms with Crippen LogP contribution >= 0.6 is 7.60 Å². The fourth-order valence-corrected chi connectivity index (χ4v) is 1.74. The van der Waals surface area contributed by atoms with E-state index in [1.54, 1.807) is 24.3 Å². The molecule has 0 fully saturated rings. The van der Waals surface area contributed by atoms with Crippen molar-refractivity contribution < 1.29 is 19.5 Å². The number of aliphatic hydroxyl groups is 1. The summed E-state index contributed by atoms with van der Waals surface area (Å²) in [6, 6.07) is 6.57. The van der Waals surface area contributed by atoms with Gasteiger partial charge < -0.3 is 14.9 Å². The molecule has 0 aliphatic heterocycles. The Kier molecular flexibility index (Phi) is 3.22. The molecule has 0 bridgehead atoms. The average Bonchev–Trinajstić information content (AvgIpc) is 2.01. The maximum atomic E-state index is 10.6. The van der Waals surface area contributed by atoms with E-state index in [1.165, 1.54) is 0 Å². The normalized spacial score (nSPS) is 11.6. The summed E-state index contributed by atoms with van der Waals surface area (Å²) in [5.74, 6) is 0. The van der Waals surface area contributed by atoms with Crippen molar-refractivity contribution in [1.82, 2.24) is 0 Å². The van der Waals surface area contributed by atoms with E-state index in [1.807, 2.05) is 0 Å². The van der Waals surface area contributed by atoms with Crippen molar-refractivity contribution >= 4 is 7.60 Å². The zero-order valence-electron chi connectivity index (χ0n) is 6.92. The van der Waals surface area contributed by atoms with Gasteiger partial charge in [-0.1, -0.05) is 24.3 Å². The molecule has 0 radical (unpaired) electrons. The molecule has 0 heterocycles. The van der Waals surface area contributed by atoms with Crippen LogP contribution in [0, 0.1) is 0 Å². The van der Waals surface area contributed by atoms with Crippen molar-refractivity contribution in [3.05, 3.63) is 35.4 Å². The first-order valence-electron chi connectivity index (χ1n) is 3.74. The SMILES string of the molecule is O=P(O)(O)Cc1cccc(CO)c1. The van der Waals surface area contributed by atoms with Crippen LogP contribution in [0.5, 0.6) is 0 Å². The van der Waals surface area contributed by atoms with Gasteiger partial charge in [0.25, 0.3) is 0 Å². The van der Waals surface area contributed by atoms with Crippen LogP contribution in [-0.4, -0.2) is 14.9 Å². The largest absolute Gasteiger partial charge is 0.392 e. The summed E-state index contributed by atoms with van der Waals surface area (Å²) in [6.45, 7) is -0.116. The smallest absolute Gasteiger partial charge is 0.329 e. The minimum absolute atomic E-state index is 0.116. The summed E-state index contributed by atoms with van der Waals surface area (Å²) >= 11 is 0. The van der Waals surface area contributed by atoms with E-state index in [9.17, 15) is 4.57 Å². The van der Waals surface area contributed by atoms with Crippen molar-refractivity contribution in [2.75, 3.05) is 0 Å². The first-order valence-corrected chi connectivity index (χ1v) is 5.54. The highest BCUT2D eigenvalue weighted by Gasteiger charge is 2.13. The van der Waals surface area contributed by atoms with Crippen molar-refractivity contribution in [2.45, 2.75) is 12.8 Å². The van der Waals surface area contributed by atoms with Gasteiger partial charge in [-0.15, -0.1) is 0 Å². The topological polar surface area (TPSA) is 77.8 Å². The Morgan fingerprint density at radius 1 is 1.23 bits per heavy atom. The van der Waals surface area contributed by atoms with Gasteiger partial charge in [-0.05, 0) is 11.1 Å². The molecular weight excluding hydrogens is 191 g/mol. The molecular formula is C8H11O4P. The van der Waals surface area contributed by atoms with Gasteiger partial charge in [-0.3, -0.25) is 4.57 Å². The fourth-order valence-electron chi connectivity index (χ4n) is 1.06. The Balaban J connectivity index is 2.84. The van der Waals surface area contributed by atoms with Gasteiger partial charge >= 0.3 is 7.60 Å². The molecule has 0 saturated heterocycles. The average molecular weight is 202 g/mol. The first kappa shape index (κ1) is 10.4. The van der Waals surface area contributed by atoms with E-state index >= 15 is 0 Å². The predicted molar refractivity (Wildman–Crippen MR) is 48.1 cm³/mol. The Labute approximate surface area is 76.0 Å². The number of hydrogen-bond donors (Lipinski definition) is 3. The van der Waals surface area contributed by atoms with Crippen LogP contribution in [0.15, 0.2) is 24.3 Å². The zero-order valence-corrected chi connectivity index (χ0v) is 7.82. The molecule has 0 saturated carbocycles. The molecule has 0 aromatic heterocycles. The molecule has 0 aliphatic rings. The Hall–Kier alpha value is -0.670. The maximum absolute atomic E-state index is 10.6. The lowest BCUT2D eigenvalue weighted by atomic mass is 10.1. The van der Waals surface area contributed by atoms with Crippen LogP contribution in [0.25, 0.3) is 0 Å². The molecule has 72 valence electrons. The molecule has 0 atom stereocenters. The lowest BCUT2D eigenvalue weighted by Crippen LogP contribution is -1.89. The zero-order chi connectivity index (χ0) is 9.90. The Bertz CT molecular complexity index is 331. The van der Waals surface area contributed by atoms with E-state index in [4.69, 9.17) is 14.9 Å². The molecule has 1 aromatic rings. The third kappa shape index (κ3) is 3.70. The second-order valence-electron chi connectivity index (χ2n) is 2.80. The standard InChI is InChI=1S/C8H11O4P/c9-5-7-2-1-3-8(4-7)6-13(10,11)12/h1-4,9H,5-6H2,(H2,10,11,12). The highest BCUT2D eigenvalue weighted by atomic mass is 31.2. The highest BCUT2D eigenvalue weighted by molar-refractivity contribution is 7.50. The van der Waals surface area contributed by atoms with E-state index in [0.717, 1.165) is 0 Å². The van der Waals surface area contributed by atoms with Crippen molar-refractivity contribution in [3.63, 3.8) is 0 Å². The van der Waals surface area contributed by atoms with Crippen molar-refractivity contribution in [3.8, 4) is 0 Å². The number of hydrogen-bond acceptors (Lipinski definition) is 2. The van der Waals surface area contributed by atoms with E-state index in [-0.39, 0.29) is 12.8 Å². The molecule has 1 aromatic carbocycles. The molecule has 0 unspecified atom stereocenters. The first-order chi connectivity index (χ1) is 6.01. The van der Waals surface area contributed by atoms with Gasteiger partial charge in [0.05, 0.1) is 12.8 Å². The third-order valence-corrected chi connectivity index (χ3v) is 2.34. The van der Waals surface area contributed by atoms with E-state index in [0.29, 0.717) is 11.1 Å². The minimum atomic E-state index is -4.00. The summed E-state index contributed by atoms with van der Waals surface area (Å²) < 4.78 is 10.6. The van der Waals surface area contributed by atoms with Gasteiger partial charge in [0.2, 0.25) is 0 Å². The van der Waals surface area contributed by atoms with Crippen LogP contribution in [-0.2, 0) is 17.3 Å². The van der Waals surface area contributed by atoms with Crippen LogP contribution in [0.3, 0.4) is 0 Å². The molecule has 5 heteroatoms. The van der Waals surface area contributed by atoms with Crippen LogP contribution < -0.4 is 0 Å². The summed E-state index contributed by atoms with van der Waals surface area (Å²) in [6.07, 6.45) is -0.277. The molecule has 0 spiro atoms. The van der Waals surface area contributed by atoms with E-state index < -0.39 is 7.60 Å². The van der Waals surface area contributed by atoms with Crippen LogP contribution in [0.1, 0.15) is 11.1 Å². The molecule has 4 nitrogen and oxygen atoms in total. The molecule has 13 heavy (non-hydrogen) atoms. The second kappa shape index (κ2) is 4.03. The second-order valence-corrected chi connectivity index (χ2v) is 4.45. The molecule has 0 aliphatic carbocycles. The van der Waals surface area contributed by atoms with Crippen LogP contribution in [0.2, 0.25) is 0 Å². The number of aliphatic hydroxyl groups excluding tert-OH is 1. The Morgan fingerprint density at radius 3 is 2.38 bits per heavy atom. The maximum Gasteiger partial charge on any atom is 0.329 e. The van der Waals surface area contributed by atoms with Gasteiger partial charge in [-0.2, -0.15) is 0 Å². The minimum Gasteiger partial charge on any atom is -0.392 e. The third-order valence-electron chi connectivity index (χ3n) is 1.56. The van der Waals surface area contributed by atoms with E-state index in [2.05, 4.69) is 0 Å². The summed E-state index contributed by atoms with van der Waals surface area (Å²) in [4.78, 5) is 17.4.